The van der Waals surface area contributed by atoms with E-state index in [1.807, 2.05) is 40.1 Å². The van der Waals surface area contributed by atoms with Crippen molar-refractivity contribution in [3.63, 3.8) is 0 Å². The van der Waals surface area contributed by atoms with Crippen molar-refractivity contribution in [3.05, 3.63) is 70.2 Å². The van der Waals surface area contributed by atoms with Gasteiger partial charge in [-0.25, -0.2) is 0 Å². The molecule has 4 rings (SSSR count). The largest absolute Gasteiger partial charge is 0.497 e. The van der Waals surface area contributed by atoms with Crippen molar-refractivity contribution < 1.29 is 14.3 Å². The summed E-state index contributed by atoms with van der Waals surface area (Å²) in [5.41, 5.74) is 1.73. The Hall–Kier alpha value is -2.60. The third-order valence-corrected chi connectivity index (χ3v) is 5.86. The third-order valence-electron chi connectivity index (χ3n) is 5.33. The Labute approximate surface area is 172 Å². The van der Waals surface area contributed by atoms with Crippen LogP contribution in [0, 0.1) is 5.41 Å². The van der Waals surface area contributed by atoms with Crippen LogP contribution >= 0.6 is 15.9 Å². The molecule has 2 saturated heterocycles. The van der Waals surface area contributed by atoms with Crippen LogP contribution in [-0.2, 0) is 4.79 Å². The van der Waals surface area contributed by atoms with Crippen LogP contribution in [0.2, 0.25) is 0 Å². The van der Waals surface area contributed by atoms with E-state index in [1.165, 1.54) is 0 Å². The van der Waals surface area contributed by atoms with Crippen molar-refractivity contribution >= 4 is 33.8 Å². The zero-order chi connectivity index (χ0) is 19.7. The predicted octanol–water partition coefficient (Wildman–Crippen LogP) is 3.46. The zero-order valence-corrected chi connectivity index (χ0v) is 17.2. The molecule has 144 valence electrons. The fourth-order valence-corrected chi connectivity index (χ4v) is 4.05. The Morgan fingerprint density at radius 2 is 1.57 bits per heavy atom. The first-order valence-electron chi connectivity index (χ1n) is 9.14. The number of hydrogen-bond donors (Lipinski definition) is 0. The average molecular weight is 441 g/mol. The van der Waals surface area contributed by atoms with Crippen molar-refractivity contribution in [2.75, 3.05) is 33.3 Å². The standard InChI is InChI=1S/C22H21BrN2O3/c1-28-19-9-5-17(6-10-19)21(27)25-14-22(15-25)12-24(13-22)20(26)11-4-16-2-7-18(23)8-3-16/h2-11H,12-15H2,1H3/b11-4+. The molecule has 0 N–H and O–H groups in total. The van der Waals surface area contributed by atoms with Gasteiger partial charge in [-0.2, -0.15) is 0 Å². The normalized spacial score (nSPS) is 17.4. The molecule has 2 aliphatic heterocycles. The van der Waals surface area contributed by atoms with Gasteiger partial charge in [-0.15, -0.1) is 0 Å². The number of ether oxygens (including phenoxy) is 1. The Bertz CT molecular complexity index is 908. The SMILES string of the molecule is COc1ccc(C(=O)N2CC3(CN(C(=O)/C=C/c4ccc(Br)cc4)C3)C2)cc1. The van der Waals surface area contributed by atoms with E-state index in [0.717, 1.165) is 15.8 Å². The molecule has 2 aromatic rings. The van der Waals surface area contributed by atoms with Crippen molar-refractivity contribution in [1.29, 1.82) is 0 Å². The van der Waals surface area contributed by atoms with Crippen LogP contribution in [0.1, 0.15) is 15.9 Å². The van der Waals surface area contributed by atoms with E-state index in [-0.39, 0.29) is 17.2 Å². The van der Waals surface area contributed by atoms with Crippen molar-refractivity contribution in [2.45, 2.75) is 0 Å². The average Bonchev–Trinajstić information content (AvgIpc) is 2.65. The molecule has 2 heterocycles. The Morgan fingerprint density at radius 1 is 0.964 bits per heavy atom. The van der Waals surface area contributed by atoms with Crippen molar-refractivity contribution in [1.82, 2.24) is 9.80 Å². The van der Waals surface area contributed by atoms with Gasteiger partial charge in [-0.05, 0) is 48.0 Å². The molecule has 1 spiro atoms. The summed E-state index contributed by atoms with van der Waals surface area (Å²) in [6.07, 6.45) is 3.45. The van der Waals surface area contributed by atoms with E-state index in [1.54, 1.807) is 37.5 Å². The van der Waals surface area contributed by atoms with E-state index in [4.69, 9.17) is 4.74 Å². The lowest BCUT2D eigenvalue weighted by Gasteiger charge is -2.60. The molecule has 28 heavy (non-hydrogen) atoms. The lowest BCUT2D eigenvalue weighted by Crippen LogP contribution is -2.73. The number of methoxy groups -OCH3 is 1. The van der Waals surface area contributed by atoms with Crippen LogP contribution < -0.4 is 4.74 Å². The highest BCUT2D eigenvalue weighted by molar-refractivity contribution is 9.10. The van der Waals surface area contributed by atoms with Gasteiger partial charge < -0.3 is 14.5 Å². The van der Waals surface area contributed by atoms with Gasteiger partial charge in [0.2, 0.25) is 5.91 Å². The molecule has 0 unspecified atom stereocenters. The number of halogens is 1. The number of hydrogen-bond acceptors (Lipinski definition) is 3. The van der Waals surface area contributed by atoms with E-state index in [0.29, 0.717) is 31.7 Å². The molecular weight excluding hydrogens is 420 g/mol. The van der Waals surface area contributed by atoms with Crippen LogP contribution in [-0.4, -0.2) is 54.9 Å². The van der Waals surface area contributed by atoms with Crippen LogP contribution in [0.5, 0.6) is 5.75 Å². The summed E-state index contributed by atoms with van der Waals surface area (Å²) in [5.74, 6) is 0.794. The maximum Gasteiger partial charge on any atom is 0.253 e. The van der Waals surface area contributed by atoms with Gasteiger partial charge >= 0.3 is 0 Å². The minimum Gasteiger partial charge on any atom is -0.497 e. The molecule has 0 saturated carbocycles. The molecule has 0 aromatic heterocycles. The van der Waals surface area contributed by atoms with Gasteiger partial charge in [0.05, 0.1) is 7.11 Å². The Morgan fingerprint density at radius 3 is 2.18 bits per heavy atom. The van der Waals surface area contributed by atoms with Gasteiger partial charge in [-0.1, -0.05) is 28.1 Å². The fraction of sp³-hybridized carbons (Fsp3) is 0.273. The number of rotatable bonds is 4. The van der Waals surface area contributed by atoms with Gasteiger partial charge in [0.1, 0.15) is 5.75 Å². The maximum absolute atomic E-state index is 12.5. The number of carbonyl (C=O) groups is 2. The first kappa shape index (κ1) is 18.7. The summed E-state index contributed by atoms with van der Waals surface area (Å²) in [5, 5.41) is 0. The van der Waals surface area contributed by atoms with Gasteiger partial charge in [0.15, 0.2) is 0 Å². The van der Waals surface area contributed by atoms with E-state index >= 15 is 0 Å². The quantitative estimate of drug-likeness (QED) is 0.684. The zero-order valence-electron chi connectivity index (χ0n) is 15.6. The number of carbonyl (C=O) groups excluding carboxylic acids is 2. The van der Waals surface area contributed by atoms with Crippen molar-refractivity contribution in [2.24, 2.45) is 5.41 Å². The van der Waals surface area contributed by atoms with Crippen LogP contribution in [0.4, 0.5) is 0 Å². The second-order valence-electron chi connectivity index (χ2n) is 7.47. The Kier molecular flexibility index (Phi) is 4.98. The van der Waals surface area contributed by atoms with E-state index in [9.17, 15) is 9.59 Å². The number of likely N-dealkylation sites (tertiary alicyclic amines) is 2. The molecule has 0 bridgehead atoms. The Balaban J connectivity index is 1.27. The van der Waals surface area contributed by atoms with Crippen molar-refractivity contribution in [3.8, 4) is 5.75 Å². The third kappa shape index (κ3) is 3.69. The summed E-state index contributed by atoms with van der Waals surface area (Å²) in [7, 11) is 1.60. The van der Waals surface area contributed by atoms with Crippen LogP contribution in [0.3, 0.4) is 0 Å². The molecular formula is C22H21BrN2O3. The monoisotopic (exact) mass is 440 g/mol. The van der Waals surface area contributed by atoms with Gasteiger partial charge in [0, 0.05) is 47.7 Å². The number of amides is 2. The van der Waals surface area contributed by atoms with Gasteiger partial charge in [-0.3, -0.25) is 9.59 Å². The highest BCUT2D eigenvalue weighted by atomic mass is 79.9. The van der Waals surface area contributed by atoms with Crippen LogP contribution in [0.25, 0.3) is 6.08 Å². The highest BCUT2D eigenvalue weighted by Gasteiger charge is 2.54. The van der Waals surface area contributed by atoms with Crippen LogP contribution in [0.15, 0.2) is 59.1 Å². The summed E-state index contributed by atoms with van der Waals surface area (Å²) < 4.78 is 6.14. The van der Waals surface area contributed by atoms with Gasteiger partial charge in [0.25, 0.3) is 5.91 Å². The molecule has 0 radical (unpaired) electrons. The lowest BCUT2D eigenvalue weighted by atomic mass is 9.72. The fourth-order valence-electron chi connectivity index (χ4n) is 3.79. The van der Waals surface area contributed by atoms with E-state index < -0.39 is 0 Å². The molecule has 6 heteroatoms. The highest BCUT2D eigenvalue weighted by Crippen LogP contribution is 2.40. The minimum absolute atomic E-state index is 0.0217. The first-order chi connectivity index (χ1) is 13.5. The lowest BCUT2D eigenvalue weighted by molar-refractivity contribution is -0.149. The molecule has 0 atom stereocenters. The summed E-state index contributed by atoms with van der Waals surface area (Å²) in [6.45, 7) is 2.84. The summed E-state index contributed by atoms with van der Waals surface area (Å²) in [6, 6.07) is 15.0. The molecule has 0 aliphatic carbocycles. The second kappa shape index (κ2) is 7.43. The molecule has 2 aromatic carbocycles. The number of nitrogens with zero attached hydrogens (tertiary/aromatic N) is 2. The smallest absolute Gasteiger partial charge is 0.253 e. The molecule has 2 fully saturated rings. The molecule has 5 nitrogen and oxygen atoms in total. The topological polar surface area (TPSA) is 49.9 Å². The molecule has 2 aliphatic rings. The molecule has 2 amide bonds. The summed E-state index contributed by atoms with van der Waals surface area (Å²) >= 11 is 3.40. The second-order valence-corrected chi connectivity index (χ2v) is 8.38. The minimum atomic E-state index is 0.0217. The summed E-state index contributed by atoms with van der Waals surface area (Å²) in [4.78, 5) is 28.6. The predicted molar refractivity (Wildman–Crippen MR) is 111 cm³/mol. The first-order valence-corrected chi connectivity index (χ1v) is 9.93. The van der Waals surface area contributed by atoms with E-state index in [2.05, 4.69) is 15.9 Å². The number of benzene rings is 2. The maximum atomic E-state index is 12.5.